The molecule has 0 N–H and O–H groups in total. The fourth-order valence-electron chi connectivity index (χ4n) is 1.81. The fourth-order valence-corrected chi connectivity index (χ4v) is 1.81. The molecule has 3 nitrogen and oxygen atoms in total. The lowest BCUT2D eigenvalue weighted by Crippen LogP contribution is -2.04. The fraction of sp³-hybridized carbons (Fsp3) is 0.778. The third-order valence-corrected chi connectivity index (χ3v) is 2.50. The van der Waals surface area contributed by atoms with Crippen molar-refractivity contribution in [3.05, 3.63) is 11.6 Å². The predicted molar refractivity (Wildman–Crippen MR) is 47.0 cm³/mol. The summed E-state index contributed by atoms with van der Waals surface area (Å²) < 4.78 is 2.30. The highest BCUT2D eigenvalue weighted by molar-refractivity contribution is 4.97. The highest BCUT2D eigenvalue weighted by Gasteiger charge is 2.12. The topological polar surface area (TPSA) is 30.7 Å². The zero-order valence-corrected chi connectivity index (χ0v) is 7.58. The van der Waals surface area contributed by atoms with Gasteiger partial charge < -0.3 is 4.57 Å². The number of aromatic nitrogens is 3. The summed E-state index contributed by atoms with van der Waals surface area (Å²) in [6, 6.07) is 0. The van der Waals surface area contributed by atoms with Crippen LogP contribution in [0.2, 0.25) is 0 Å². The monoisotopic (exact) mass is 165 g/mol. The number of rotatable bonds is 1. The molecule has 0 bridgehead atoms. The lowest BCUT2D eigenvalue weighted by Gasteiger charge is -2.03. The second kappa shape index (κ2) is 3.25. The Kier molecular flexibility index (Phi) is 2.11. The molecule has 0 spiro atoms. The molecular weight excluding hydrogens is 150 g/mol. The molecule has 1 aromatic rings. The quantitative estimate of drug-likeness (QED) is 0.632. The first-order valence-electron chi connectivity index (χ1n) is 4.82. The van der Waals surface area contributed by atoms with Crippen molar-refractivity contribution >= 4 is 0 Å². The summed E-state index contributed by atoms with van der Waals surface area (Å²) in [6.45, 7) is 3.27. The van der Waals surface area contributed by atoms with E-state index in [0.717, 1.165) is 25.2 Å². The van der Waals surface area contributed by atoms with Crippen LogP contribution in [0.1, 0.15) is 37.8 Å². The lowest BCUT2D eigenvalue weighted by atomic mass is 10.2. The number of nitrogens with zero attached hydrogens (tertiary/aromatic N) is 3. The lowest BCUT2D eigenvalue weighted by molar-refractivity contribution is 0.609. The van der Waals surface area contributed by atoms with Gasteiger partial charge in [-0.05, 0) is 12.8 Å². The number of hydrogen-bond acceptors (Lipinski definition) is 2. The third-order valence-electron chi connectivity index (χ3n) is 2.50. The van der Waals surface area contributed by atoms with Crippen LogP contribution in [0.5, 0.6) is 0 Å². The van der Waals surface area contributed by atoms with Gasteiger partial charge in [0.1, 0.15) is 11.6 Å². The van der Waals surface area contributed by atoms with Crippen LogP contribution in [0.25, 0.3) is 0 Å². The first-order chi connectivity index (χ1) is 5.92. The molecule has 2 heterocycles. The molecular formula is C9H15N3. The number of hydrogen-bond donors (Lipinski definition) is 0. The van der Waals surface area contributed by atoms with E-state index < -0.39 is 0 Å². The van der Waals surface area contributed by atoms with Gasteiger partial charge in [-0.3, -0.25) is 0 Å². The van der Waals surface area contributed by atoms with E-state index in [1.165, 1.54) is 25.1 Å². The van der Waals surface area contributed by atoms with E-state index in [1.54, 1.807) is 0 Å². The Bertz CT molecular complexity index is 265. The molecule has 0 amide bonds. The van der Waals surface area contributed by atoms with E-state index >= 15 is 0 Å². The smallest absolute Gasteiger partial charge is 0.132 e. The van der Waals surface area contributed by atoms with E-state index in [-0.39, 0.29) is 0 Å². The first kappa shape index (κ1) is 7.77. The maximum atomic E-state index is 4.20. The predicted octanol–water partition coefficient (Wildman–Crippen LogP) is 1.57. The molecule has 2 rings (SSSR count). The molecule has 1 aliphatic heterocycles. The summed E-state index contributed by atoms with van der Waals surface area (Å²) in [5.41, 5.74) is 0. The molecule has 1 aromatic heterocycles. The van der Waals surface area contributed by atoms with Crippen LogP contribution in [0.15, 0.2) is 0 Å². The van der Waals surface area contributed by atoms with Crippen molar-refractivity contribution in [2.45, 2.75) is 45.6 Å². The summed E-state index contributed by atoms with van der Waals surface area (Å²) in [6.07, 6.45) is 6.03. The van der Waals surface area contributed by atoms with Crippen molar-refractivity contribution in [1.82, 2.24) is 14.8 Å². The van der Waals surface area contributed by atoms with Crippen LogP contribution < -0.4 is 0 Å². The Morgan fingerprint density at radius 3 is 3.00 bits per heavy atom. The molecule has 0 radical (unpaired) electrons. The van der Waals surface area contributed by atoms with Gasteiger partial charge in [-0.25, -0.2) is 0 Å². The second-order valence-corrected chi connectivity index (χ2v) is 3.35. The molecule has 0 saturated carbocycles. The second-order valence-electron chi connectivity index (χ2n) is 3.35. The molecule has 1 aliphatic rings. The Labute approximate surface area is 72.8 Å². The summed E-state index contributed by atoms with van der Waals surface area (Å²) >= 11 is 0. The van der Waals surface area contributed by atoms with Crippen molar-refractivity contribution in [1.29, 1.82) is 0 Å². The van der Waals surface area contributed by atoms with Crippen LogP contribution in [-0.2, 0) is 19.4 Å². The van der Waals surface area contributed by atoms with E-state index in [0.29, 0.717) is 0 Å². The minimum absolute atomic E-state index is 1.01. The normalized spacial score (nSPS) is 17.1. The molecule has 0 saturated heterocycles. The van der Waals surface area contributed by atoms with Gasteiger partial charge in [0.15, 0.2) is 0 Å². The third kappa shape index (κ3) is 1.24. The van der Waals surface area contributed by atoms with Gasteiger partial charge in [-0.2, -0.15) is 0 Å². The number of aryl methyl sites for hydroxylation is 2. The number of fused-ring (bicyclic) bond motifs is 1. The van der Waals surface area contributed by atoms with Gasteiger partial charge in [-0.15, -0.1) is 10.2 Å². The summed E-state index contributed by atoms with van der Waals surface area (Å²) in [4.78, 5) is 0. The molecule has 0 aromatic carbocycles. The van der Waals surface area contributed by atoms with Crippen molar-refractivity contribution < 1.29 is 0 Å². The van der Waals surface area contributed by atoms with E-state index in [2.05, 4.69) is 21.7 Å². The highest BCUT2D eigenvalue weighted by Crippen LogP contribution is 2.14. The van der Waals surface area contributed by atoms with Crippen LogP contribution in [0.3, 0.4) is 0 Å². The molecule has 0 atom stereocenters. The molecule has 12 heavy (non-hydrogen) atoms. The van der Waals surface area contributed by atoms with Crippen molar-refractivity contribution in [2.24, 2.45) is 0 Å². The van der Waals surface area contributed by atoms with Crippen molar-refractivity contribution in [2.75, 3.05) is 0 Å². The zero-order chi connectivity index (χ0) is 8.39. The summed E-state index contributed by atoms with van der Waals surface area (Å²) in [5.74, 6) is 2.36. The maximum Gasteiger partial charge on any atom is 0.132 e. The Morgan fingerprint density at radius 1 is 1.25 bits per heavy atom. The SMILES string of the molecule is CCc1nnc2n1CCCCC2. The molecule has 3 heteroatoms. The highest BCUT2D eigenvalue weighted by atomic mass is 15.3. The standard InChI is InChI=1S/C9H15N3/c1-2-8-10-11-9-6-4-3-5-7-12(8)9/h2-7H2,1H3. The Hall–Kier alpha value is -0.860. The minimum atomic E-state index is 1.01. The van der Waals surface area contributed by atoms with Crippen LogP contribution in [0, 0.1) is 0 Å². The van der Waals surface area contributed by atoms with Gasteiger partial charge in [0.05, 0.1) is 0 Å². The van der Waals surface area contributed by atoms with Gasteiger partial charge in [-0.1, -0.05) is 13.3 Å². The largest absolute Gasteiger partial charge is 0.315 e. The van der Waals surface area contributed by atoms with E-state index in [9.17, 15) is 0 Å². The summed E-state index contributed by atoms with van der Waals surface area (Å²) in [5, 5.41) is 8.37. The van der Waals surface area contributed by atoms with Crippen LogP contribution in [0.4, 0.5) is 0 Å². The Morgan fingerprint density at radius 2 is 2.17 bits per heavy atom. The van der Waals surface area contributed by atoms with Crippen molar-refractivity contribution in [3.63, 3.8) is 0 Å². The molecule has 66 valence electrons. The molecule has 0 fully saturated rings. The van der Waals surface area contributed by atoms with Gasteiger partial charge in [0, 0.05) is 19.4 Å². The maximum absolute atomic E-state index is 4.20. The van der Waals surface area contributed by atoms with E-state index in [4.69, 9.17) is 0 Å². The zero-order valence-electron chi connectivity index (χ0n) is 7.58. The Balaban J connectivity index is 2.32. The average Bonchev–Trinajstić information content (AvgIpc) is 2.33. The van der Waals surface area contributed by atoms with Crippen molar-refractivity contribution in [3.8, 4) is 0 Å². The van der Waals surface area contributed by atoms with Crippen LogP contribution >= 0.6 is 0 Å². The molecule has 0 aliphatic carbocycles. The van der Waals surface area contributed by atoms with Gasteiger partial charge >= 0.3 is 0 Å². The summed E-state index contributed by atoms with van der Waals surface area (Å²) in [7, 11) is 0. The van der Waals surface area contributed by atoms with E-state index in [1.807, 2.05) is 0 Å². The average molecular weight is 165 g/mol. The molecule has 0 unspecified atom stereocenters. The minimum Gasteiger partial charge on any atom is -0.315 e. The van der Waals surface area contributed by atoms with Gasteiger partial charge in [0.25, 0.3) is 0 Å². The van der Waals surface area contributed by atoms with Crippen LogP contribution in [-0.4, -0.2) is 14.8 Å². The van der Waals surface area contributed by atoms with Gasteiger partial charge in [0.2, 0.25) is 0 Å². The first-order valence-corrected chi connectivity index (χ1v) is 4.82.